The molecule has 0 aliphatic heterocycles. The van der Waals surface area contributed by atoms with Crippen LogP contribution in [0.4, 0.5) is 11.5 Å². The highest BCUT2D eigenvalue weighted by molar-refractivity contribution is 6.06. The molecule has 0 bridgehead atoms. The third-order valence-electron chi connectivity index (χ3n) is 3.48. The summed E-state index contributed by atoms with van der Waals surface area (Å²) < 4.78 is 0. The van der Waals surface area contributed by atoms with Crippen LogP contribution in [0, 0.1) is 0 Å². The molecule has 0 aliphatic rings. The van der Waals surface area contributed by atoms with Gasteiger partial charge in [-0.15, -0.1) is 0 Å². The standard InChI is InChI=1S/C18H14N4O3.4H2/c19-16-15(17(23)21-13-4-2-1-3-5-13)22-14(10-20-16)11-6-8-12(9-7-11)18(24)25;;;;/h1-10H,(H2,19,20)(H,21,23)(H,24,25);4*1H. The molecule has 2 aromatic carbocycles. The number of nitrogen functional groups attached to an aromatic ring is 1. The summed E-state index contributed by atoms with van der Waals surface area (Å²) in [4.78, 5) is 31.6. The molecule has 0 fully saturated rings. The third kappa shape index (κ3) is 3.61. The van der Waals surface area contributed by atoms with Crippen LogP contribution in [0.25, 0.3) is 11.3 Å². The number of nitrogens with one attached hydrogen (secondary N) is 1. The number of hydrogen-bond donors (Lipinski definition) is 3. The van der Waals surface area contributed by atoms with Gasteiger partial charge in [0.05, 0.1) is 17.5 Å². The van der Waals surface area contributed by atoms with Crippen LogP contribution >= 0.6 is 0 Å². The number of amides is 1. The van der Waals surface area contributed by atoms with Gasteiger partial charge in [-0.25, -0.2) is 14.8 Å². The molecular formula is C18H22N4O3. The minimum absolute atomic E-state index is 0. The summed E-state index contributed by atoms with van der Waals surface area (Å²) in [7, 11) is 0. The molecule has 0 radical (unpaired) electrons. The molecule has 0 saturated carbocycles. The largest absolute Gasteiger partial charge is 0.478 e. The zero-order valence-electron chi connectivity index (χ0n) is 13.0. The van der Waals surface area contributed by atoms with Crippen molar-refractivity contribution in [3.8, 4) is 11.3 Å². The SMILES string of the molecule is Nc1ncc(-c2ccc(C(=O)O)cc2)nc1C(=O)Nc1ccccc1.[HH].[HH].[HH].[HH]. The Morgan fingerprint density at radius 3 is 2.36 bits per heavy atom. The molecule has 1 heterocycles. The molecule has 0 spiro atoms. The quantitative estimate of drug-likeness (QED) is 0.666. The fraction of sp³-hybridized carbons (Fsp3) is 0. The van der Waals surface area contributed by atoms with Gasteiger partial charge >= 0.3 is 5.97 Å². The van der Waals surface area contributed by atoms with Gasteiger partial charge in [0, 0.05) is 17.0 Å². The third-order valence-corrected chi connectivity index (χ3v) is 3.48. The molecule has 0 saturated heterocycles. The van der Waals surface area contributed by atoms with E-state index in [0.717, 1.165) is 0 Å². The molecule has 25 heavy (non-hydrogen) atoms. The Balaban J connectivity index is 0. The van der Waals surface area contributed by atoms with Gasteiger partial charge in [0.25, 0.3) is 5.91 Å². The predicted molar refractivity (Wildman–Crippen MR) is 102 cm³/mol. The van der Waals surface area contributed by atoms with Crippen LogP contribution in [0.15, 0.2) is 60.8 Å². The number of aromatic nitrogens is 2. The first-order valence-corrected chi connectivity index (χ1v) is 7.37. The van der Waals surface area contributed by atoms with E-state index in [1.807, 2.05) is 6.07 Å². The number of para-hydroxylation sites is 1. The van der Waals surface area contributed by atoms with E-state index in [2.05, 4.69) is 15.3 Å². The Morgan fingerprint density at radius 1 is 1.04 bits per heavy atom. The molecule has 0 aliphatic carbocycles. The van der Waals surface area contributed by atoms with Crippen LogP contribution in [-0.4, -0.2) is 27.0 Å². The Hall–Kier alpha value is -3.74. The molecular weight excluding hydrogens is 320 g/mol. The van der Waals surface area contributed by atoms with Gasteiger partial charge in [0.1, 0.15) is 0 Å². The van der Waals surface area contributed by atoms with Gasteiger partial charge in [-0.1, -0.05) is 30.3 Å². The zero-order valence-corrected chi connectivity index (χ0v) is 13.0. The lowest BCUT2D eigenvalue weighted by Gasteiger charge is -2.08. The molecule has 3 rings (SSSR count). The van der Waals surface area contributed by atoms with Gasteiger partial charge in [-0.3, -0.25) is 4.79 Å². The zero-order chi connectivity index (χ0) is 17.8. The second-order valence-electron chi connectivity index (χ2n) is 5.19. The molecule has 132 valence electrons. The summed E-state index contributed by atoms with van der Waals surface area (Å²) in [6, 6.07) is 15.0. The number of nitrogens with zero attached hydrogens (tertiary/aromatic N) is 2. The number of carboxylic acid groups (broad SMARTS) is 1. The van der Waals surface area contributed by atoms with Crippen molar-refractivity contribution in [2.45, 2.75) is 0 Å². The number of aromatic carboxylic acids is 1. The lowest BCUT2D eigenvalue weighted by molar-refractivity contribution is 0.0696. The molecule has 1 aromatic heterocycles. The van der Waals surface area contributed by atoms with E-state index in [1.54, 1.807) is 36.4 Å². The first kappa shape index (κ1) is 16.1. The van der Waals surface area contributed by atoms with Crippen LogP contribution in [0.1, 0.15) is 26.6 Å². The number of rotatable bonds is 4. The molecule has 1 amide bonds. The Labute approximate surface area is 149 Å². The van der Waals surface area contributed by atoms with Crippen LogP contribution in [0.2, 0.25) is 0 Å². The van der Waals surface area contributed by atoms with Crippen molar-refractivity contribution in [1.29, 1.82) is 0 Å². The second kappa shape index (κ2) is 6.79. The van der Waals surface area contributed by atoms with E-state index >= 15 is 0 Å². The first-order chi connectivity index (χ1) is 12.0. The summed E-state index contributed by atoms with van der Waals surface area (Å²) in [5.74, 6) is -1.47. The van der Waals surface area contributed by atoms with E-state index < -0.39 is 11.9 Å². The highest BCUT2D eigenvalue weighted by atomic mass is 16.4. The van der Waals surface area contributed by atoms with E-state index in [9.17, 15) is 9.59 Å². The van der Waals surface area contributed by atoms with Crippen molar-refractivity contribution in [2.24, 2.45) is 0 Å². The highest BCUT2D eigenvalue weighted by Crippen LogP contribution is 2.20. The van der Waals surface area contributed by atoms with Gasteiger partial charge in [0.15, 0.2) is 11.5 Å². The molecule has 0 unspecified atom stereocenters. The predicted octanol–water partition coefficient (Wildman–Crippen LogP) is 3.66. The fourth-order valence-electron chi connectivity index (χ4n) is 2.20. The average molecular weight is 342 g/mol. The maximum absolute atomic E-state index is 12.4. The van der Waals surface area contributed by atoms with Crippen molar-refractivity contribution >= 4 is 23.4 Å². The Kier molecular flexibility index (Phi) is 4.38. The van der Waals surface area contributed by atoms with E-state index in [1.165, 1.54) is 18.3 Å². The van der Waals surface area contributed by atoms with E-state index in [0.29, 0.717) is 16.9 Å². The number of nitrogens with two attached hydrogens (primary N) is 1. The minimum Gasteiger partial charge on any atom is -0.478 e. The van der Waals surface area contributed by atoms with Crippen molar-refractivity contribution in [3.63, 3.8) is 0 Å². The summed E-state index contributed by atoms with van der Waals surface area (Å²) in [5, 5.41) is 11.6. The molecule has 7 nitrogen and oxygen atoms in total. The number of carbonyl (C=O) groups is 2. The molecule has 4 N–H and O–H groups in total. The maximum atomic E-state index is 12.4. The smallest absolute Gasteiger partial charge is 0.335 e. The maximum Gasteiger partial charge on any atom is 0.335 e. The van der Waals surface area contributed by atoms with Crippen LogP contribution in [-0.2, 0) is 0 Å². The first-order valence-electron chi connectivity index (χ1n) is 7.37. The summed E-state index contributed by atoms with van der Waals surface area (Å²) in [6.45, 7) is 0. The lowest BCUT2D eigenvalue weighted by atomic mass is 10.1. The normalized spacial score (nSPS) is 10.2. The van der Waals surface area contributed by atoms with E-state index in [4.69, 9.17) is 10.8 Å². The van der Waals surface area contributed by atoms with Gasteiger partial charge < -0.3 is 16.2 Å². The number of anilines is 2. The van der Waals surface area contributed by atoms with Crippen molar-refractivity contribution in [2.75, 3.05) is 11.1 Å². The molecule has 0 atom stereocenters. The Morgan fingerprint density at radius 2 is 1.72 bits per heavy atom. The summed E-state index contributed by atoms with van der Waals surface area (Å²) in [5.41, 5.74) is 7.61. The van der Waals surface area contributed by atoms with Crippen molar-refractivity contribution in [1.82, 2.24) is 9.97 Å². The van der Waals surface area contributed by atoms with Gasteiger partial charge in [-0.05, 0) is 24.3 Å². The fourth-order valence-corrected chi connectivity index (χ4v) is 2.20. The number of carboxylic acids is 1. The minimum atomic E-state index is -1.02. The van der Waals surface area contributed by atoms with Crippen molar-refractivity contribution in [3.05, 3.63) is 72.1 Å². The second-order valence-corrected chi connectivity index (χ2v) is 5.19. The van der Waals surface area contributed by atoms with E-state index in [-0.39, 0.29) is 22.8 Å². The van der Waals surface area contributed by atoms with Gasteiger partial charge in [0.2, 0.25) is 0 Å². The number of hydrogen-bond acceptors (Lipinski definition) is 5. The topological polar surface area (TPSA) is 118 Å². The summed E-state index contributed by atoms with van der Waals surface area (Å²) in [6.07, 6.45) is 1.43. The average Bonchev–Trinajstić information content (AvgIpc) is 2.63. The van der Waals surface area contributed by atoms with Crippen molar-refractivity contribution < 1.29 is 20.4 Å². The monoisotopic (exact) mass is 342 g/mol. The Bertz CT molecular complexity index is 942. The lowest BCUT2D eigenvalue weighted by Crippen LogP contribution is -2.17. The van der Waals surface area contributed by atoms with Crippen LogP contribution in [0.5, 0.6) is 0 Å². The summed E-state index contributed by atoms with van der Waals surface area (Å²) >= 11 is 0. The molecule has 3 aromatic rings. The van der Waals surface area contributed by atoms with Crippen LogP contribution < -0.4 is 11.1 Å². The number of benzene rings is 2. The van der Waals surface area contributed by atoms with Gasteiger partial charge in [-0.2, -0.15) is 0 Å². The number of carbonyl (C=O) groups excluding carboxylic acids is 1. The highest BCUT2D eigenvalue weighted by Gasteiger charge is 2.15. The van der Waals surface area contributed by atoms with Crippen LogP contribution in [0.3, 0.4) is 0 Å². The molecule has 7 heteroatoms.